The SMILES string of the molecule is O=S(=O)(Oc1ccc(-c2ccccc2)cc1)c1ccc(F)cc1. The van der Waals surface area contributed by atoms with E-state index in [4.69, 9.17) is 4.18 Å². The molecular weight excluding hydrogens is 315 g/mol. The van der Waals surface area contributed by atoms with Crippen molar-refractivity contribution >= 4 is 10.1 Å². The largest absolute Gasteiger partial charge is 0.379 e. The Bertz CT molecular complexity index is 887. The van der Waals surface area contributed by atoms with Crippen molar-refractivity contribution in [1.82, 2.24) is 0 Å². The van der Waals surface area contributed by atoms with Gasteiger partial charge in [-0.1, -0.05) is 42.5 Å². The van der Waals surface area contributed by atoms with Gasteiger partial charge in [-0.05, 0) is 47.5 Å². The van der Waals surface area contributed by atoms with Crippen LogP contribution in [0.15, 0.2) is 83.8 Å². The molecule has 0 saturated heterocycles. The maximum absolute atomic E-state index is 12.9. The normalized spacial score (nSPS) is 11.2. The molecular formula is C18H13FO3S. The van der Waals surface area contributed by atoms with Crippen LogP contribution in [0.5, 0.6) is 5.75 Å². The summed E-state index contributed by atoms with van der Waals surface area (Å²) in [6.07, 6.45) is 0. The first-order chi connectivity index (χ1) is 11.0. The van der Waals surface area contributed by atoms with Gasteiger partial charge >= 0.3 is 10.1 Å². The van der Waals surface area contributed by atoms with Crippen molar-refractivity contribution in [3.05, 3.63) is 84.7 Å². The molecule has 3 aromatic carbocycles. The molecule has 0 aliphatic heterocycles. The fourth-order valence-electron chi connectivity index (χ4n) is 2.11. The topological polar surface area (TPSA) is 43.4 Å². The van der Waals surface area contributed by atoms with Crippen LogP contribution in [-0.2, 0) is 10.1 Å². The van der Waals surface area contributed by atoms with Gasteiger partial charge in [-0.3, -0.25) is 0 Å². The molecule has 0 atom stereocenters. The second-order valence-electron chi connectivity index (χ2n) is 4.88. The molecule has 23 heavy (non-hydrogen) atoms. The van der Waals surface area contributed by atoms with Gasteiger partial charge in [0, 0.05) is 0 Å². The molecule has 0 aromatic heterocycles. The van der Waals surface area contributed by atoms with Gasteiger partial charge in [-0.2, -0.15) is 8.42 Å². The Labute approximate surface area is 134 Å². The molecule has 116 valence electrons. The Hall–Kier alpha value is -2.66. The highest BCUT2D eigenvalue weighted by Crippen LogP contribution is 2.24. The predicted molar refractivity (Wildman–Crippen MR) is 86.1 cm³/mol. The molecule has 5 heteroatoms. The van der Waals surface area contributed by atoms with Crippen LogP contribution in [-0.4, -0.2) is 8.42 Å². The monoisotopic (exact) mass is 328 g/mol. The summed E-state index contributed by atoms with van der Waals surface area (Å²) in [4.78, 5) is -0.0916. The molecule has 0 saturated carbocycles. The van der Waals surface area contributed by atoms with E-state index in [0.717, 1.165) is 23.3 Å². The van der Waals surface area contributed by atoms with E-state index in [0.29, 0.717) is 0 Å². The highest BCUT2D eigenvalue weighted by Gasteiger charge is 2.16. The Morgan fingerprint density at radius 2 is 1.26 bits per heavy atom. The number of halogens is 1. The van der Waals surface area contributed by atoms with E-state index in [1.165, 1.54) is 12.1 Å². The van der Waals surface area contributed by atoms with Gasteiger partial charge in [0.1, 0.15) is 16.5 Å². The molecule has 0 N–H and O–H groups in total. The highest BCUT2D eigenvalue weighted by molar-refractivity contribution is 7.87. The van der Waals surface area contributed by atoms with Crippen molar-refractivity contribution in [2.75, 3.05) is 0 Å². The summed E-state index contributed by atoms with van der Waals surface area (Å²) in [5, 5.41) is 0. The van der Waals surface area contributed by atoms with Crippen LogP contribution >= 0.6 is 0 Å². The van der Waals surface area contributed by atoms with Crippen LogP contribution in [0.25, 0.3) is 11.1 Å². The van der Waals surface area contributed by atoms with Crippen molar-refractivity contribution in [1.29, 1.82) is 0 Å². The van der Waals surface area contributed by atoms with Crippen LogP contribution in [0.2, 0.25) is 0 Å². The van der Waals surface area contributed by atoms with E-state index in [9.17, 15) is 12.8 Å². The lowest BCUT2D eigenvalue weighted by Crippen LogP contribution is -2.09. The van der Waals surface area contributed by atoms with Crippen molar-refractivity contribution in [2.24, 2.45) is 0 Å². The van der Waals surface area contributed by atoms with Crippen LogP contribution in [0.3, 0.4) is 0 Å². The molecule has 3 aromatic rings. The number of hydrogen-bond donors (Lipinski definition) is 0. The average Bonchev–Trinajstić information content (AvgIpc) is 2.56. The smallest absolute Gasteiger partial charge is 0.339 e. The number of benzene rings is 3. The Balaban J connectivity index is 1.82. The summed E-state index contributed by atoms with van der Waals surface area (Å²) in [5.74, 6) is -0.301. The third kappa shape index (κ3) is 3.57. The first kappa shape index (κ1) is 15.2. The molecule has 0 bridgehead atoms. The second-order valence-corrected chi connectivity index (χ2v) is 6.43. The molecule has 3 rings (SSSR count). The quantitative estimate of drug-likeness (QED) is 0.672. The van der Waals surface area contributed by atoms with Gasteiger partial charge in [0.2, 0.25) is 0 Å². The van der Waals surface area contributed by atoms with Gasteiger partial charge in [-0.25, -0.2) is 4.39 Å². The summed E-state index contributed by atoms with van der Waals surface area (Å²) in [7, 11) is -3.97. The van der Waals surface area contributed by atoms with E-state index < -0.39 is 15.9 Å². The summed E-state index contributed by atoms with van der Waals surface area (Å²) in [6.45, 7) is 0. The van der Waals surface area contributed by atoms with E-state index in [1.54, 1.807) is 24.3 Å². The van der Waals surface area contributed by atoms with E-state index >= 15 is 0 Å². The van der Waals surface area contributed by atoms with Gasteiger partial charge in [-0.15, -0.1) is 0 Å². The van der Waals surface area contributed by atoms with Gasteiger partial charge in [0.15, 0.2) is 0 Å². The molecule has 0 amide bonds. The summed E-state index contributed by atoms with van der Waals surface area (Å²) in [6, 6.07) is 20.9. The minimum atomic E-state index is -3.97. The lowest BCUT2D eigenvalue weighted by atomic mass is 10.1. The third-order valence-corrected chi connectivity index (χ3v) is 4.53. The summed E-state index contributed by atoms with van der Waals surface area (Å²) in [5.41, 5.74) is 1.98. The fourth-order valence-corrected chi connectivity index (χ4v) is 3.04. The van der Waals surface area contributed by atoms with Crippen molar-refractivity contribution < 1.29 is 17.0 Å². The molecule has 0 aliphatic rings. The van der Waals surface area contributed by atoms with Crippen LogP contribution in [0.1, 0.15) is 0 Å². The minimum Gasteiger partial charge on any atom is -0.379 e. The highest BCUT2D eigenvalue weighted by atomic mass is 32.2. The Morgan fingerprint density at radius 3 is 1.87 bits per heavy atom. The maximum atomic E-state index is 12.9. The maximum Gasteiger partial charge on any atom is 0.339 e. The minimum absolute atomic E-state index is 0.0916. The van der Waals surface area contributed by atoms with E-state index in [-0.39, 0.29) is 10.6 Å². The summed E-state index contributed by atoms with van der Waals surface area (Å²) < 4.78 is 42.2. The molecule has 3 nitrogen and oxygen atoms in total. The zero-order valence-corrected chi connectivity index (χ0v) is 12.8. The van der Waals surface area contributed by atoms with E-state index in [1.807, 2.05) is 30.3 Å². The van der Waals surface area contributed by atoms with E-state index in [2.05, 4.69) is 0 Å². The van der Waals surface area contributed by atoms with Crippen LogP contribution in [0.4, 0.5) is 4.39 Å². The molecule has 0 heterocycles. The lowest BCUT2D eigenvalue weighted by molar-refractivity contribution is 0.486. The molecule has 0 spiro atoms. The standard InChI is InChI=1S/C18H13FO3S/c19-16-8-12-18(13-9-16)23(20,21)22-17-10-6-15(7-11-17)14-4-2-1-3-5-14/h1-13H. The number of hydrogen-bond acceptors (Lipinski definition) is 3. The van der Waals surface area contributed by atoms with Gasteiger partial charge in [0.05, 0.1) is 0 Å². The first-order valence-corrected chi connectivity index (χ1v) is 8.31. The zero-order valence-electron chi connectivity index (χ0n) is 12.0. The average molecular weight is 328 g/mol. The van der Waals surface area contributed by atoms with Crippen molar-refractivity contribution in [2.45, 2.75) is 4.90 Å². The van der Waals surface area contributed by atoms with Crippen LogP contribution < -0.4 is 4.18 Å². The Morgan fingerprint density at radius 1 is 0.696 bits per heavy atom. The number of rotatable bonds is 4. The van der Waals surface area contributed by atoms with Crippen LogP contribution in [0, 0.1) is 5.82 Å². The lowest BCUT2D eigenvalue weighted by Gasteiger charge is -2.08. The first-order valence-electron chi connectivity index (χ1n) is 6.90. The molecule has 0 fully saturated rings. The molecule has 0 radical (unpaired) electrons. The third-order valence-electron chi connectivity index (χ3n) is 3.27. The van der Waals surface area contributed by atoms with Gasteiger partial charge < -0.3 is 4.18 Å². The second kappa shape index (κ2) is 6.22. The van der Waals surface area contributed by atoms with Crippen molar-refractivity contribution in [3.8, 4) is 16.9 Å². The fraction of sp³-hybridized carbons (Fsp3) is 0. The summed E-state index contributed by atoms with van der Waals surface area (Å²) >= 11 is 0. The molecule has 0 unspecified atom stereocenters. The Kier molecular flexibility index (Phi) is 4.12. The van der Waals surface area contributed by atoms with Crippen molar-refractivity contribution in [3.63, 3.8) is 0 Å². The van der Waals surface area contributed by atoms with Gasteiger partial charge in [0.25, 0.3) is 0 Å². The zero-order chi connectivity index (χ0) is 16.3. The molecule has 0 aliphatic carbocycles. The predicted octanol–water partition coefficient (Wildman–Crippen LogP) is 4.26.